The first-order valence-electron chi connectivity index (χ1n) is 4.75. The summed E-state index contributed by atoms with van der Waals surface area (Å²) in [6.07, 6.45) is 4.32. The summed E-state index contributed by atoms with van der Waals surface area (Å²) in [5, 5.41) is 2.20. The summed E-state index contributed by atoms with van der Waals surface area (Å²) < 4.78 is 0.884. The summed E-state index contributed by atoms with van der Waals surface area (Å²) in [5.74, 6) is 0.661. The molecule has 0 aromatic carbocycles. The zero-order chi connectivity index (χ0) is 10.1. The van der Waals surface area contributed by atoms with Gasteiger partial charge in [-0.05, 0) is 35.8 Å². The van der Waals surface area contributed by atoms with E-state index in [-0.39, 0.29) is 5.38 Å². The van der Waals surface area contributed by atoms with Gasteiger partial charge in [-0.25, -0.2) is 0 Å². The SMILES string of the molecule is CC1CC(c2ccsc2Cl)=CC(Cl)C1. The molecule has 0 fully saturated rings. The molecule has 0 bridgehead atoms. The molecule has 2 rings (SSSR count). The lowest BCUT2D eigenvalue weighted by Gasteiger charge is -2.22. The fraction of sp³-hybridized carbons (Fsp3) is 0.455. The van der Waals surface area contributed by atoms with E-state index in [1.165, 1.54) is 11.1 Å². The molecule has 3 heteroatoms. The van der Waals surface area contributed by atoms with E-state index >= 15 is 0 Å². The molecule has 0 aliphatic heterocycles. The fourth-order valence-electron chi connectivity index (χ4n) is 1.92. The third-order valence-corrected chi connectivity index (χ3v) is 4.02. The van der Waals surface area contributed by atoms with Gasteiger partial charge in [0.2, 0.25) is 0 Å². The molecular weight excluding hydrogens is 235 g/mol. The van der Waals surface area contributed by atoms with Crippen LogP contribution in [0.15, 0.2) is 17.5 Å². The summed E-state index contributed by atoms with van der Waals surface area (Å²) in [6.45, 7) is 2.24. The van der Waals surface area contributed by atoms with Crippen molar-refractivity contribution in [2.75, 3.05) is 0 Å². The van der Waals surface area contributed by atoms with Crippen LogP contribution in [0.5, 0.6) is 0 Å². The van der Waals surface area contributed by atoms with Crippen LogP contribution in [0.3, 0.4) is 0 Å². The molecule has 14 heavy (non-hydrogen) atoms. The summed E-state index contributed by atoms with van der Waals surface area (Å²) in [7, 11) is 0. The first-order chi connectivity index (χ1) is 6.66. The van der Waals surface area contributed by atoms with Crippen molar-refractivity contribution in [1.29, 1.82) is 0 Å². The normalized spacial score (nSPS) is 27.5. The van der Waals surface area contributed by atoms with E-state index in [9.17, 15) is 0 Å². The molecule has 76 valence electrons. The van der Waals surface area contributed by atoms with Crippen molar-refractivity contribution < 1.29 is 0 Å². The Balaban J connectivity index is 2.30. The second-order valence-electron chi connectivity index (χ2n) is 3.86. The number of rotatable bonds is 1. The Labute approximate surface area is 98.5 Å². The lowest BCUT2D eigenvalue weighted by atomic mass is 9.87. The maximum atomic E-state index is 6.16. The second-order valence-corrected chi connectivity index (χ2v) is 5.94. The summed E-state index contributed by atoms with van der Waals surface area (Å²) in [5.41, 5.74) is 2.49. The molecule has 0 saturated heterocycles. The molecule has 0 radical (unpaired) electrons. The summed E-state index contributed by atoms with van der Waals surface area (Å²) in [6, 6.07) is 2.08. The molecule has 0 nitrogen and oxygen atoms in total. The fourth-order valence-corrected chi connectivity index (χ4v) is 3.37. The second kappa shape index (κ2) is 4.26. The predicted molar refractivity (Wildman–Crippen MR) is 65.3 cm³/mol. The van der Waals surface area contributed by atoms with Gasteiger partial charge in [0, 0.05) is 5.56 Å². The highest BCUT2D eigenvalue weighted by molar-refractivity contribution is 7.14. The molecule has 1 heterocycles. The van der Waals surface area contributed by atoms with E-state index in [0.29, 0.717) is 5.92 Å². The van der Waals surface area contributed by atoms with Crippen LogP contribution in [0.2, 0.25) is 4.34 Å². The van der Waals surface area contributed by atoms with Crippen molar-refractivity contribution in [3.05, 3.63) is 27.4 Å². The molecule has 0 saturated carbocycles. The maximum Gasteiger partial charge on any atom is 0.100 e. The smallest absolute Gasteiger partial charge is 0.100 e. The molecular formula is C11H12Cl2S. The van der Waals surface area contributed by atoms with Gasteiger partial charge >= 0.3 is 0 Å². The molecule has 1 aromatic rings. The highest BCUT2D eigenvalue weighted by Crippen LogP contribution is 2.37. The van der Waals surface area contributed by atoms with Crippen molar-refractivity contribution in [3.63, 3.8) is 0 Å². The lowest BCUT2D eigenvalue weighted by Crippen LogP contribution is -2.10. The van der Waals surface area contributed by atoms with Crippen LogP contribution in [0.4, 0.5) is 0 Å². The Morgan fingerprint density at radius 3 is 2.86 bits per heavy atom. The van der Waals surface area contributed by atoms with Crippen LogP contribution in [0.25, 0.3) is 5.57 Å². The van der Waals surface area contributed by atoms with E-state index in [0.717, 1.165) is 17.2 Å². The van der Waals surface area contributed by atoms with Gasteiger partial charge in [0.25, 0.3) is 0 Å². The van der Waals surface area contributed by atoms with Gasteiger partial charge in [0.15, 0.2) is 0 Å². The average molecular weight is 247 g/mol. The van der Waals surface area contributed by atoms with Gasteiger partial charge < -0.3 is 0 Å². The Morgan fingerprint density at radius 1 is 1.50 bits per heavy atom. The molecule has 1 aromatic heterocycles. The van der Waals surface area contributed by atoms with E-state index in [2.05, 4.69) is 19.1 Å². The Kier molecular flexibility index (Phi) is 3.20. The van der Waals surface area contributed by atoms with Crippen molar-refractivity contribution in [2.24, 2.45) is 5.92 Å². The number of halogens is 2. The van der Waals surface area contributed by atoms with E-state index in [1.807, 2.05) is 5.38 Å². The van der Waals surface area contributed by atoms with Crippen molar-refractivity contribution in [2.45, 2.75) is 25.1 Å². The minimum atomic E-state index is 0.171. The van der Waals surface area contributed by atoms with Crippen molar-refractivity contribution >= 4 is 40.1 Å². The number of alkyl halides is 1. The molecule has 0 spiro atoms. The van der Waals surface area contributed by atoms with E-state index in [4.69, 9.17) is 23.2 Å². The van der Waals surface area contributed by atoms with E-state index < -0.39 is 0 Å². The minimum Gasteiger partial charge on any atom is -0.131 e. The first-order valence-corrected chi connectivity index (χ1v) is 6.44. The molecule has 2 unspecified atom stereocenters. The van der Waals surface area contributed by atoms with Crippen molar-refractivity contribution in [1.82, 2.24) is 0 Å². The summed E-state index contributed by atoms with van der Waals surface area (Å²) in [4.78, 5) is 0. The van der Waals surface area contributed by atoms with Gasteiger partial charge in [-0.1, -0.05) is 24.6 Å². The largest absolute Gasteiger partial charge is 0.131 e. The molecule has 0 amide bonds. The molecule has 1 aliphatic rings. The van der Waals surface area contributed by atoms with Crippen LogP contribution in [-0.4, -0.2) is 5.38 Å². The van der Waals surface area contributed by atoms with Crippen LogP contribution in [0, 0.1) is 5.92 Å². The highest BCUT2D eigenvalue weighted by Gasteiger charge is 2.20. The van der Waals surface area contributed by atoms with Crippen LogP contribution in [0.1, 0.15) is 25.3 Å². The number of allylic oxidation sites excluding steroid dienone is 2. The molecule has 2 atom stereocenters. The van der Waals surface area contributed by atoms with Gasteiger partial charge in [-0.2, -0.15) is 0 Å². The van der Waals surface area contributed by atoms with Crippen LogP contribution < -0.4 is 0 Å². The standard InChI is InChI=1S/C11H12Cl2S/c1-7-4-8(6-9(12)5-7)10-2-3-14-11(10)13/h2-3,6-7,9H,4-5H2,1H3. The average Bonchev–Trinajstić information content (AvgIpc) is 2.49. The zero-order valence-corrected chi connectivity index (χ0v) is 10.3. The molecule has 1 aliphatic carbocycles. The first kappa shape index (κ1) is 10.5. The molecule has 0 N–H and O–H groups in total. The number of hydrogen-bond acceptors (Lipinski definition) is 1. The highest BCUT2D eigenvalue weighted by atomic mass is 35.5. The van der Waals surface area contributed by atoms with Gasteiger partial charge in [0.1, 0.15) is 4.34 Å². The Morgan fingerprint density at radius 2 is 2.29 bits per heavy atom. The van der Waals surface area contributed by atoms with Gasteiger partial charge in [-0.15, -0.1) is 22.9 Å². The maximum absolute atomic E-state index is 6.16. The third-order valence-electron chi connectivity index (χ3n) is 2.54. The topological polar surface area (TPSA) is 0 Å². The van der Waals surface area contributed by atoms with Gasteiger partial charge in [0.05, 0.1) is 5.38 Å². The zero-order valence-electron chi connectivity index (χ0n) is 7.97. The Hall–Kier alpha value is 0.0200. The third kappa shape index (κ3) is 2.16. The minimum absolute atomic E-state index is 0.171. The van der Waals surface area contributed by atoms with Crippen LogP contribution >= 0.6 is 34.5 Å². The quantitative estimate of drug-likeness (QED) is 0.624. The predicted octanol–water partition coefficient (Wildman–Crippen LogP) is 4.82. The Bertz CT molecular complexity index is 354. The lowest BCUT2D eigenvalue weighted by molar-refractivity contribution is 0.540. The van der Waals surface area contributed by atoms with Crippen LogP contribution in [-0.2, 0) is 0 Å². The van der Waals surface area contributed by atoms with E-state index in [1.54, 1.807) is 11.3 Å². The van der Waals surface area contributed by atoms with Gasteiger partial charge in [-0.3, -0.25) is 0 Å². The monoisotopic (exact) mass is 246 g/mol. The van der Waals surface area contributed by atoms with Crippen molar-refractivity contribution in [3.8, 4) is 0 Å². The number of hydrogen-bond donors (Lipinski definition) is 0. The number of thiophene rings is 1. The summed E-state index contributed by atoms with van der Waals surface area (Å²) >= 11 is 13.8.